The summed E-state index contributed by atoms with van der Waals surface area (Å²) in [6.45, 7) is 5.67. The van der Waals surface area contributed by atoms with Gasteiger partial charge in [-0.2, -0.15) is 0 Å². The van der Waals surface area contributed by atoms with E-state index in [2.05, 4.69) is 6.07 Å². The van der Waals surface area contributed by atoms with Crippen LogP contribution in [0.5, 0.6) is 5.75 Å². The van der Waals surface area contributed by atoms with Crippen molar-refractivity contribution in [3.8, 4) is 5.75 Å². The van der Waals surface area contributed by atoms with Crippen molar-refractivity contribution in [3.05, 3.63) is 29.3 Å². The molecule has 1 aliphatic heterocycles. The number of amides is 2. The number of piperidine rings is 1. The van der Waals surface area contributed by atoms with Crippen LogP contribution in [0.2, 0.25) is 0 Å². The van der Waals surface area contributed by atoms with Crippen LogP contribution in [-0.4, -0.2) is 54.9 Å². The minimum Gasteiger partial charge on any atom is -0.496 e. The molecule has 1 saturated heterocycles. The number of aryl methyl sites for hydroxylation is 1. The average Bonchev–Trinajstić information content (AvgIpc) is 2.60. The van der Waals surface area contributed by atoms with E-state index in [4.69, 9.17) is 10.5 Å². The molecule has 0 aromatic heterocycles. The fraction of sp³-hybridized carbons (Fsp3) is 0.579. The largest absolute Gasteiger partial charge is 0.496 e. The summed E-state index contributed by atoms with van der Waals surface area (Å²) in [6, 6.07) is 5.76. The van der Waals surface area contributed by atoms with Crippen LogP contribution in [0.4, 0.5) is 0 Å². The lowest BCUT2D eigenvalue weighted by Crippen LogP contribution is -2.50. The summed E-state index contributed by atoms with van der Waals surface area (Å²) in [5.41, 5.74) is 7.62. The van der Waals surface area contributed by atoms with Crippen LogP contribution in [-0.2, 0) is 16.1 Å². The van der Waals surface area contributed by atoms with Gasteiger partial charge in [-0.1, -0.05) is 17.7 Å². The lowest BCUT2D eigenvalue weighted by molar-refractivity contribution is -0.139. The van der Waals surface area contributed by atoms with Gasteiger partial charge >= 0.3 is 0 Å². The van der Waals surface area contributed by atoms with Gasteiger partial charge in [0.2, 0.25) is 11.8 Å². The Hall–Kier alpha value is -2.08. The molecule has 1 aromatic rings. The van der Waals surface area contributed by atoms with E-state index >= 15 is 0 Å². The standard InChI is InChI=1S/C19H29N3O3/c1-13-7-8-17(25-4)16(10-13)11-21(3)14(2)19(24)22-9-5-6-15(12-22)18(20)23/h7-8,10,14-15H,5-6,9,11-12H2,1-4H3,(H2,20,23). The van der Waals surface area contributed by atoms with E-state index in [0.717, 1.165) is 29.7 Å². The van der Waals surface area contributed by atoms with E-state index in [9.17, 15) is 9.59 Å². The molecule has 0 spiro atoms. The third-order valence-electron chi connectivity index (χ3n) is 5.01. The van der Waals surface area contributed by atoms with Crippen molar-refractivity contribution in [1.29, 1.82) is 0 Å². The van der Waals surface area contributed by atoms with Crippen LogP contribution in [0.3, 0.4) is 0 Å². The highest BCUT2D eigenvalue weighted by molar-refractivity contribution is 5.83. The molecule has 1 heterocycles. The van der Waals surface area contributed by atoms with E-state index in [1.165, 1.54) is 0 Å². The Morgan fingerprint density at radius 1 is 1.44 bits per heavy atom. The molecule has 6 heteroatoms. The third-order valence-corrected chi connectivity index (χ3v) is 5.01. The summed E-state index contributed by atoms with van der Waals surface area (Å²) < 4.78 is 5.42. The fourth-order valence-electron chi connectivity index (χ4n) is 3.30. The lowest BCUT2D eigenvalue weighted by Gasteiger charge is -2.35. The van der Waals surface area contributed by atoms with Crippen LogP contribution in [0, 0.1) is 12.8 Å². The SMILES string of the molecule is COc1ccc(C)cc1CN(C)C(C)C(=O)N1CCCC(C(N)=O)C1. The highest BCUT2D eigenvalue weighted by Gasteiger charge is 2.30. The van der Waals surface area contributed by atoms with Crippen molar-refractivity contribution in [3.63, 3.8) is 0 Å². The Kier molecular flexibility index (Phi) is 6.42. The summed E-state index contributed by atoms with van der Waals surface area (Å²) in [5, 5.41) is 0. The number of hydrogen-bond donors (Lipinski definition) is 1. The zero-order valence-electron chi connectivity index (χ0n) is 15.6. The molecule has 6 nitrogen and oxygen atoms in total. The molecule has 1 aromatic carbocycles. The molecule has 0 radical (unpaired) electrons. The molecule has 2 rings (SSSR count). The van der Waals surface area contributed by atoms with Gasteiger partial charge in [0.15, 0.2) is 0 Å². The van der Waals surface area contributed by atoms with Gasteiger partial charge in [0, 0.05) is 25.2 Å². The number of carbonyl (C=O) groups excluding carboxylic acids is 2. The predicted molar refractivity (Wildman–Crippen MR) is 97.2 cm³/mol. The lowest BCUT2D eigenvalue weighted by atomic mass is 9.97. The van der Waals surface area contributed by atoms with Crippen LogP contribution < -0.4 is 10.5 Å². The zero-order valence-corrected chi connectivity index (χ0v) is 15.6. The first-order valence-electron chi connectivity index (χ1n) is 8.75. The quantitative estimate of drug-likeness (QED) is 0.847. The average molecular weight is 347 g/mol. The highest BCUT2D eigenvalue weighted by Crippen LogP contribution is 2.23. The van der Waals surface area contributed by atoms with Gasteiger partial charge in [-0.05, 0) is 39.8 Å². The third kappa shape index (κ3) is 4.72. The summed E-state index contributed by atoms with van der Waals surface area (Å²) in [5.74, 6) is 0.319. The second-order valence-electron chi connectivity index (χ2n) is 6.93. The van der Waals surface area contributed by atoms with E-state index < -0.39 is 0 Å². The Labute approximate surface area is 149 Å². The number of nitrogens with zero attached hydrogens (tertiary/aromatic N) is 2. The summed E-state index contributed by atoms with van der Waals surface area (Å²) in [6.07, 6.45) is 1.59. The Morgan fingerprint density at radius 3 is 2.80 bits per heavy atom. The Balaban J connectivity index is 2.04. The first-order valence-corrected chi connectivity index (χ1v) is 8.75. The number of primary amides is 1. The molecule has 0 bridgehead atoms. The first kappa shape index (κ1) is 19.2. The van der Waals surface area contributed by atoms with Gasteiger partial charge in [-0.3, -0.25) is 14.5 Å². The smallest absolute Gasteiger partial charge is 0.239 e. The van der Waals surface area contributed by atoms with Crippen molar-refractivity contribution in [1.82, 2.24) is 9.80 Å². The monoisotopic (exact) mass is 347 g/mol. The van der Waals surface area contributed by atoms with Gasteiger partial charge < -0.3 is 15.4 Å². The second kappa shape index (κ2) is 8.34. The maximum absolute atomic E-state index is 12.8. The number of hydrogen-bond acceptors (Lipinski definition) is 4. The maximum Gasteiger partial charge on any atom is 0.239 e. The second-order valence-corrected chi connectivity index (χ2v) is 6.93. The van der Waals surface area contributed by atoms with Gasteiger partial charge in [0.25, 0.3) is 0 Å². The minimum atomic E-state index is -0.317. The van der Waals surface area contributed by atoms with Crippen LogP contribution in [0.25, 0.3) is 0 Å². The Bertz CT molecular complexity index is 632. The van der Waals surface area contributed by atoms with Gasteiger partial charge in [0.1, 0.15) is 5.75 Å². The molecular weight excluding hydrogens is 318 g/mol. The van der Waals surface area contributed by atoms with Crippen molar-refractivity contribution in [2.24, 2.45) is 11.7 Å². The van der Waals surface area contributed by atoms with Crippen LogP contribution in [0.15, 0.2) is 18.2 Å². The molecule has 0 aliphatic carbocycles. The maximum atomic E-state index is 12.8. The molecule has 1 aliphatic rings. The number of benzene rings is 1. The molecular formula is C19H29N3O3. The number of carbonyl (C=O) groups is 2. The number of ether oxygens (including phenoxy) is 1. The summed E-state index contributed by atoms with van der Waals surface area (Å²) in [7, 11) is 3.58. The van der Waals surface area contributed by atoms with Crippen molar-refractivity contribution >= 4 is 11.8 Å². The van der Waals surface area contributed by atoms with Crippen LogP contribution in [0.1, 0.15) is 30.9 Å². The Morgan fingerprint density at radius 2 is 2.16 bits per heavy atom. The van der Waals surface area contributed by atoms with E-state index in [0.29, 0.717) is 19.6 Å². The molecule has 0 saturated carbocycles. The number of likely N-dealkylation sites (N-methyl/N-ethyl adjacent to an activating group) is 1. The molecule has 2 amide bonds. The molecule has 2 unspecified atom stereocenters. The zero-order chi connectivity index (χ0) is 18.6. The highest BCUT2D eigenvalue weighted by atomic mass is 16.5. The van der Waals surface area contributed by atoms with E-state index in [1.807, 2.05) is 37.9 Å². The topological polar surface area (TPSA) is 75.9 Å². The minimum absolute atomic E-state index is 0.0417. The predicted octanol–water partition coefficient (Wildman–Crippen LogP) is 1.55. The summed E-state index contributed by atoms with van der Waals surface area (Å²) in [4.78, 5) is 28.0. The molecule has 2 N–H and O–H groups in total. The first-order chi connectivity index (χ1) is 11.8. The normalized spacial score (nSPS) is 18.9. The van der Waals surface area contributed by atoms with E-state index in [-0.39, 0.29) is 23.8 Å². The number of rotatable bonds is 6. The number of likely N-dealkylation sites (tertiary alicyclic amines) is 1. The van der Waals surface area contributed by atoms with Crippen molar-refractivity contribution < 1.29 is 14.3 Å². The van der Waals surface area contributed by atoms with Crippen molar-refractivity contribution in [2.45, 2.75) is 39.3 Å². The van der Waals surface area contributed by atoms with E-state index in [1.54, 1.807) is 12.0 Å². The molecule has 25 heavy (non-hydrogen) atoms. The van der Waals surface area contributed by atoms with Gasteiger partial charge in [-0.15, -0.1) is 0 Å². The fourth-order valence-corrected chi connectivity index (χ4v) is 3.30. The number of methoxy groups -OCH3 is 1. The molecule has 138 valence electrons. The van der Waals surface area contributed by atoms with Gasteiger partial charge in [-0.25, -0.2) is 0 Å². The van der Waals surface area contributed by atoms with Gasteiger partial charge in [0.05, 0.1) is 19.1 Å². The molecule has 2 atom stereocenters. The van der Waals surface area contributed by atoms with Crippen LogP contribution >= 0.6 is 0 Å². The number of nitrogens with two attached hydrogens (primary N) is 1. The molecule has 1 fully saturated rings. The summed E-state index contributed by atoms with van der Waals surface area (Å²) >= 11 is 0. The van der Waals surface area contributed by atoms with Crippen molar-refractivity contribution in [2.75, 3.05) is 27.2 Å².